The third kappa shape index (κ3) is 1.70. The van der Waals surface area contributed by atoms with Crippen LogP contribution in [-0.4, -0.2) is 22.2 Å². The van der Waals surface area contributed by atoms with Gasteiger partial charge in [-0.3, -0.25) is 9.59 Å². The fourth-order valence-corrected chi connectivity index (χ4v) is 3.49. The van der Waals surface area contributed by atoms with Gasteiger partial charge < -0.3 is 10.2 Å². The maximum atomic E-state index is 11.4. The van der Waals surface area contributed by atoms with Crippen LogP contribution in [0.1, 0.15) is 44.9 Å². The van der Waals surface area contributed by atoms with Crippen LogP contribution in [0.3, 0.4) is 0 Å². The van der Waals surface area contributed by atoms with Crippen LogP contribution < -0.4 is 0 Å². The van der Waals surface area contributed by atoms with Gasteiger partial charge in [0, 0.05) is 0 Å². The lowest BCUT2D eigenvalue weighted by molar-refractivity contribution is -0.163. The van der Waals surface area contributed by atoms with E-state index < -0.39 is 17.4 Å². The third-order valence-corrected chi connectivity index (χ3v) is 4.49. The highest BCUT2D eigenvalue weighted by molar-refractivity contribution is 5.76. The first-order valence-electron chi connectivity index (χ1n) is 6.02. The highest BCUT2D eigenvalue weighted by atomic mass is 16.4. The molecule has 0 aliphatic heterocycles. The first kappa shape index (κ1) is 11.4. The molecular formula is C12H18O4. The van der Waals surface area contributed by atoms with Gasteiger partial charge in [-0.25, -0.2) is 0 Å². The standard InChI is InChI=1S/C12H18O4/c13-10(14)8-4-6-12(11(15)16)5-2-1-3-9(12)7-8/h8-9H,1-7H2,(H,13,14)(H,15,16)/t8?,9-,12-/m1/s1. The molecule has 4 nitrogen and oxygen atoms in total. The predicted octanol–water partition coefficient (Wildman–Crippen LogP) is 2.13. The van der Waals surface area contributed by atoms with E-state index in [1.807, 2.05) is 0 Å². The molecule has 4 heteroatoms. The van der Waals surface area contributed by atoms with E-state index in [9.17, 15) is 14.7 Å². The second-order valence-corrected chi connectivity index (χ2v) is 5.21. The van der Waals surface area contributed by atoms with Crippen LogP contribution in [-0.2, 0) is 9.59 Å². The summed E-state index contributed by atoms with van der Waals surface area (Å²) in [6.45, 7) is 0. The highest BCUT2D eigenvalue weighted by Gasteiger charge is 2.51. The highest BCUT2D eigenvalue weighted by Crippen LogP contribution is 2.52. The molecule has 0 aromatic carbocycles. The number of aliphatic carboxylic acids is 2. The molecule has 2 fully saturated rings. The summed E-state index contributed by atoms with van der Waals surface area (Å²) in [6, 6.07) is 0. The van der Waals surface area contributed by atoms with Crippen LogP contribution in [0.15, 0.2) is 0 Å². The normalized spacial score (nSPS) is 38.8. The smallest absolute Gasteiger partial charge is 0.309 e. The first-order valence-corrected chi connectivity index (χ1v) is 6.02. The summed E-state index contributed by atoms with van der Waals surface area (Å²) in [5.74, 6) is -1.71. The van der Waals surface area contributed by atoms with E-state index in [4.69, 9.17) is 5.11 Å². The molecule has 2 saturated carbocycles. The van der Waals surface area contributed by atoms with Gasteiger partial charge in [-0.05, 0) is 38.0 Å². The van der Waals surface area contributed by atoms with Gasteiger partial charge >= 0.3 is 11.9 Å². The van der Waals surface area contributed by atoms with E-state index >= 15 is 0 Å². The van der Waals surface area contributed by atoms with Crippen molar-refractivity contribution in [2.45, 2.75) is 44.9 Å². The van der Waals surface area contributed by atoms with Gasteiger partial charge in [-0.2, -0.15) is 0 Å². The number of carbonyl (C=O) groups is 2. The summed E-state index contributed by atoms with van der Waals surface area (Å²) in [4.78, 5) is 22.4. The second-order valence-electron chi connectivity index (χ2n) is 5.21. The van der Waals surface area contributed by atoms with Crippen molar-refractivity contribution in [1.29, 1.82) is 0 Å². The molecule has 0 radical (unpaired) electrons. The van der Waals surface area contributed by atoms with Crippen molar-refractivity contribution >= 4 is 11.9 Å². The molecule has 2 rings (SSSR count). The van der Waals surface area contributed by atoms with Crippen molar-refractivity contribution in [3.8, 4) is 0 Å². The lowest BCUT2D eigenvalue weighted by Crippen LogP contribution is -2.46. The summed E-state index contributed by atoms with van der Waals surface area (Å²) in [7, 11) is 0. The molecule has 0 saturated heterocycles. The summed E-state index contributed by atoms with van der Waals surface area (Å²) in [6.07, 6.45) is 5.27. The molecular weight excluding hydrogens is 208 g/mol. The Labute approximate surface area is 94.7 Å². The zero-order valence-electron chi connectivity index (χ0n) is 9.32. The zero-order valence-corrected chi connectivity index (χ0v) is 9.32. The van der Waals surface area contributed by atoms with Gasteiger partial charge in [0.25, 0.3) is 0 Å². The Morgan fingerprint density at radius 3 is 2.44 bits per heavy atom. The van der Waals surface area contributed by atoms with E-state index in [2.05, 4.69) is 0 Å². The minimum atomic E-state index is -0.760. The largest absolute Gasteiger partial charge is 0.481 e. The van der Waals surface area contributed by atoms with E-state index in [0.29, 0.717) is 19.3 Å². The monoisotopic (exact) mass is 226 g/mol. The first-order chi connectivity index (χ1) is 7.56. The van der Waals surface area contributed by atoms with E-state index in [1.54, 1.807) is 0 Å². The van der Waals surface area contributed by atoms with Crippen LogP contribution in [0.4, 0.5) is 0 Å². The maximum absolute atomic E-state index is 11.4. The van der Waals surface area contributed by atoms with Crippen molar-refractivity contribution in [2.75, 3.05) is 0 Å². The van der Waals surface area contributed by atoms with Crippen molar-refractivity contribution < 1.29 is 19.8 Å². The molecule has 0 aromatic heterocycles. The van der Waals surface area contributed by atoms with Gasteiger partial charge in [0.1, 0.15) is 0 Å². The molecule has 16 heavy (non-hydrogen) atoms. The summed E-state index contributed by atoms with van der Waals surface area (Å²) in [5, 5.41) is 18.4. The van der Waals surface area contributed by atoms with Crippen LogP contribution in [0, 0.1) is 17.3 Å². The summed E-state index contributed by atoms with van der Waals surface area (Å²) < 4.78 is 0. The number of carboxylic acids is 2. The predicted molar refractivity (Wildman–Crippen MR) is 57.0 cm³/mol. The number of fused-ring (bicyclic) bond motifs is 1. The number of hydrogen-bond donors (Lipinski definition) is 2. The zero-order chi connectivity index (χ0) is 11.8. The maximum Gasteiger partial charge on any atom is 0.309 e. The Hall–Kier alpha value is -1.06. The number of hydrogen-bond acceptors (Lipinski definition) is 2. The van der Waals surface area contributed by atoms with Gasteiger partial charge in [0.05, 0.1) is 11.3 Å². The molecule has 0 aromatic rings. The Kier molecular flexibility index (Phi) is 2.91. The van der Waals surface area contributed by atoms with Crippen molar-refractivity contribution in [3.63, 3.8) is 0 Å². The second kappa shape index (κ2) is 4.07. The van der Waals surface area contributed by atoms with Crippen LogP contribution in [0.2, 0.25) is 0 Å². The molecule has 0 heterocycles. The minimum absolute atomic E-state index is 0.0774. The lowest BCUT2D eigenvalue weighted by atomic mass is 9.57. The SMILES string of the molecule is O=C(O)C1CC[C@]2(C(=O)O)CCCC[C@@H]2C1. The van der Waals surface area contributed by atoms with Crippen molar-refractivity contribution in [2.24, 2.45) is 17.3 Å². The average Bonchev–Trinajstić information content (AvgIpc) is 2.27. The fourth-order valence-electron chi connectivity index (χ4n) is 3.49. The molecule has 90 valence electrons. The van der Waals surface area contributed by atoms with Crippen molar-refractivity contribution in [3.05, 3.63) is 0 Å². The molecule has 2 aliphatic rings. The summed E-state index contributed by atoms with van der Waals surface area (Å²) >= 11 is 0. The van der Waals surface area contributed by atoms with Crippen LogP contribution in [0.25, 0.3) is 0 Å². The Morgan fingerprint density at radius 2 is 1.81 bits per heavy atom. The topological polar surface area (TPSA) is 74.6 Å². The lowest BCUT2D eigenvalue weighted by Gasteiger charge is -2.45. The van der Waals surface area contributed by atoms with Crippen LogP contribution >= 0.6 is 0 Å². The van der Waals surface area contributed by atoms with E-state index in [0.717, 1.165) is 25.7 Å². The fraction of sp³-hybridized carbons (Fsp3) is 0.833. The quantitative estimate of drug-likeness (QED) is 0.756. The molecule has 3 atom stereocenters. The molecule has 0 spiro atoms. The molecule has 2 aliphatic carbocycles. The number of rotatable bonds is 2. The van der Waals surface area contributed by atoms with Gasteiger partial charge in [-0.1, -0.05) is 12.8 Å². The van der Waals surface area contributed by atoms with Crippen molar-refractivity contribution in [1.82, 2.24) is 0 Å². The van der Waals surface area contributed by atoms with Gasteiger partial charge in [0.15, 0.2) is 0 Å². The molecule has 1 unspecified atom stereocenters. The Bertz CT molecular complexity index is 312. The Balaban J connectivity index is 2.18. The average molecular weight is 226 g/mol. The van der Waals surface area contributed by atoms with Crippen LogP contribution in [0.5, 0.6) is 0 Å². The summed E-state index contributed by atoms with van der Waals surface area (Å²) in [5.41, 5.74) is -0.607. The van der Waals surface area contributed by atoms with Gasteiger partial charge in [0.2, 0.25) is 0 Å². The molecule has 0 amide bonds. The molecule has 0 bridgehead atoms. The Morgan fingerprint density at radius 1 is 1.06 bits per heavy atom. The third-order valence-electron chi connectivity index (χ3n) is 4.49. The van der Waals surface area contributed by atoms with Gasteiger partial charge in [-0.15, -0.1) is 0 Å². The minimum Gasteiger partial charge on any atom is -0.481 e. The van der Waals surface area contributed by atoms with E-state index in [-0.39, 0.29) is 11.8 Å². The number of carboxylic acid groups (broad SMARTS) is 2. The van der Waals surface area contributed by atoms with E-state index in [1.165, 1.54) is 0 Å². The molecule has 2 N–H and O–H groups in total.